The Morgan fingerprint density at radius 3 is 2.67 bits per heavy atom. The Balaban J connectivity index is 2.25. The van der Waals surface area contributed by atoms with Crippen molar-refractivity contribution < 1.29 is 19.7 Å². The monoisotopic (exact) mass is 348 g/mol. The SMILES string of the molecule is COc1cc(/C=C/C(=O)c2cccc(O)c2)cc(Br)c1O. The number of hydrogen-bond donors (Lipinski definition) is 2. The molecule has 0 aliphatic heterocycles. The van der Waals surface area contributed by atoms with Gasteiger partial charge in [0.2, 0.25) is 0 Å². The molecule has 0 spiro atoms. The van der Waals surface area contributed by atoms with Gasteiger partial charge in [-0.2, -0.15) is 0 Å². The van der Waals surface area contributed by atoms with Crippen LogP contribution in [0.4, 0.5) is 0 Å². The van der Waals surface area contributed by atoms with Gasteiger partial charge in [-0.25, -0.2) is 0 Å². The van der Waals surface area contributed by atoms with Gasteiger partial charge in [-0.15, -0.1) is 0 Å². The van der Waals surface area contributed by atoms with Gasteiger partial charge in [0.1, 0.15) is 5.75 Å². The Morgan fingerprint density at radius 1 is 1.24 bits per heavy atom. The molecular formula is C16H13BrO4. The minimum atomic E-state index is -0.228. The molecule has 0 aliphatic carbocycles. The van der Waals surface area contributed by atoms with E-state index in [0.717, 1.165) is 0 Å². The van der Waals surface area contributed by atoms with E-state index in [0.29, 0.717) is 21.3 Å². The third-order valence-electron chi connectivity index (χ3n) is 2.83. The lowest BCUT2D eigenvalue weighted by Crippen LogP contribution is -1.93. The predicted molar refractivity (Wildman–Crippen MR) is 83.8 cm³/mol. The number of benzene rings is 2. The van der Waals surface area contributed by atoms with Gasteiger partial charge in [0, 0.05) is 5.56 Å². The fourth-order valence-electron chi connectivity index (χ4n) is 1.77. The van der Waals surface area contributed by atoms with E-state index in [1.54, 1.807) is 30.3 Å². The third kappa shape index (κ3) is 3.64. The maximum Gasteiger partial charge on any atom is 0.185 e. The van der Waals surface area contributed by atoms with Crippen molar-refractivity contribution in [2.45, 2.75) is 0 Å². The number of hydrogen-bond acceptors (Lipinski definition) is 4. The van der Waals surface area contributed by atoms with E-state index in [-0.39, 0.29) is 17.3 Å². The van der Waals surface area contributed by atoms with Gasteiger partial charge in [-0.05, 0) is 51.8 Å². The first-order valence-corrected chi connectivity index (χ1v) is 6.88. The molecule has 5 heteroatoms. The Morgan fingerprint density at radius 2 is 2.00 bits per heavy atom. The molecule has 0 aromatic heterocycles. The second-order valence-corrected chi connectivity index (χ2v) is 5.16. The number of rotatable bonds is 4. The molecule has 108 valence electrons. The lowest BCUT2D eigenvalue weighted by Gasteiger charge is -2.06. The van der Waals surface area contributed by atoms with Crippen LogP contribution < -0.4 is 4.74 Å². The highest BCUT2D eigenvalue weighted by molar-refractivity contribution is 9.10. The first-order chi connectivity index (χ1) is 10.0. The molecule has 0 saturated heterocycles. The van der Waals surface area contributed by atoms with Crippen molar-refractivity contribution in [1.82, 2.24) is 0 Å². The number of allylic oxidation sites excluding steroid dienone is 1. The molecule has 0 radical (unpaired) electrons. The molecule has 0 aliphatic rings. The standard InChI is InChI=1S/C16H13BrO4/c1-21-15-8-10(7-13(17)16(15)20)5-6-14(19)11-3-2-4-12(18)9-11/h2-9,18,20H,1H3/b6-5+. The van der Waals surface area contributed by atoms with E-state index in [1.807, 2.05) is 0 Å². The van der Waals surface area contributed by atoms with Crippen LogP contribution in [0, 0.1) is 0 Å². The molecular weight excluding hydrogens is 336 g/mol. The van der Waals surface area contributed by atoms with Crippen molar-refractivity contribution in [3.05, 3.63) is 58.1 Å². The number of carbonyl (C=O) groups is 1. The first kappa shape index (κ1) is 15.1. The molecule has 21 heavy (non-hydrogen) atoms. The maximum atomic E-state index is 12.0. The quantitative estimate of drug-likeness (QED) is 0.652. The third-order valence-corrected chi connectivity index (χ3v) is 3.43. The summed E-state index contributed by atoms with van der Waals surface area (Å²) in [7, 11) is 1.45. The first-order valence-electron chi connectivity index (χ1n) is 6.09. The van der Waals surface area contributed by atoms with Crippen molar-refractivity contribution in [3.63, 3.8) is 0 Å². The minimum Gasteiger partial charge on any atom is -0.508 e. The number of aromatic hydroxyl groups is 2. The Kier molecular flexibility index (Phi) is 4.65. The van der Waals surface area contributed by atoms with Crippen LogP contribution in [0.25, 0.3) is 6.08 Å². The summed E-state index contributed by atoms with van der Waals surface area (Å²) in [5, 5.41) is 19.1. The van der Waals surface area contributed by atoms with Crippen LogP contribution in [0.5, 0.6) is 17.2 Å². The molecule has 0 atom stereocenters. The zero-order valence-electron chi connectivity index (χ0n) is 11.2. The van der Waals surface area contributed by atoms with Crippen molar-refractivity contribution >= 4 is 27.8 Å². The highest BCUT2D eigenvalue weighted by atomic mass is 79.9. The normalized spacial score (nSPS) is 10.8. The number of phenols is 2. The number of halogens is 1. The van der Waals surface area contributed by atoms with E-state index in [1.165, 1.54) is 25.3 Å². The molecule has 2 aromatic carbocycles. The van der Waals surface area contributed by atoms with Gasteiger partial charge in [0.15, 0.2) is 17.3 Å². The molecule has 0 bridgehead atoms. The smallest absolute Gasteiger partial charge is 0.185 e. The second-order valence-electron chi connectivity index (χ2n) is 4.30. The number of phenolic OH excluding ortho intramolecular Hbond substituents is 2. The van der Waals surface area contributed by atoms with Gasteiger partial charge < -0.3 is 14.9 Å². The van der Waals surface area contributed by atoms with Gasteiger partial charge in [-0.1, -0.05) is 18.2 Å². The average Bonchev–Trinajstić information content (AvgIpc) is 2.48. The molecule has 0 fully saturated rings. The van der Waals surface area contributed by atoms with Crippen LogP contribution in [0.3, 0.4) is 0 Å². The van der Waals surface area contributed by atoms with Crippen LogP contribution >= 0.6 is 15.9 Å². The summed E-state index contributed by atoms with van der Waals surface area (Å²) >= 11 is 3.22. The fourth-order valence-corrected chi connectivity index (χ4v) is 2.23. The largest absolute Gasteiger partial charge is 0.508 e. The Bertz CT molecular complexity index is 707. The van der Waals surface area contributed by atoms with Crippen molar-refractivity contribution in [2.75, 3.05) is 7.11 Å². The van der Waals surface area contributed by atoms with E-state index in [9.17, 15) is 15.0 Å². The zero-order valence-corrected chi connectivity index (χ0v) is 12.8. The predicted octanol–water partition coefficient (Wildman–Crippen LogP) is 3.77. The summed E-state index contributed by atoms with van der Waals surface area (Å²) in [5.41, 5.74) is 1.10. The molecule has 0 unspecified atom stereocenters. The van der Waals surface area contributed by atoms with Crippen LogP contribution in [-0.4, -0.2) is 23.1 Å². The van der Waals surface area contributed by atoms with E-state index in [4.69, 9.17) is 4.74 Å². The molecule has 2 aromatic rings. The number of ether oxygens (including phenoxy) is 1. The van der Waals surface area contributed by atoms with Gasteiger partial charge in [0.05, 0.1) is 11.6 Å². The van der Waals surface area contributed by atoms with Crippen LogP contribution in [0.2, 0.25) is 0 Å². The van der Waals surface area contributed by atoms with E-state index in [2.05, 4.69) is 15.9 Å². The summed E-state index contributed by atoms with van der Waals surface area (Å²) in [6, 6.07) is 9.43. The van der Waals surface area contributed by atoms with Crippen molar-refractivity contribution in [3.8, 4) is 17.2 Å². The summed E-state index contributed by atoms with van der Waals surface area (Å²) in [5.74, 6) is 0.139. The lowest BCUT2D eigenvalue weighted by molar-refractivity contribution is 0.104. The summed E-state index contributed by atoms with van der Waals surface area (Å²) in [6.07, 6.45) is 3.01. The highest BCUT2D eigenvalue weighted by Gasteiger charge is 2.08. The molecule has 0 saturated carbocycles. The minimum absolute atomic E-state index is 0.00829. The molecule has 2 N–H and O–H groups in total. The van der Waals surface area contributed by atoms with Crippen molar-refractivity contribution in [1.29, 1.82) is 0 Å². The second kappa shape index (κ2) is 6.45. The molecule has 4 nitrogen and oxygen atoms in total. The average molecular weight is 349 g/mol. The van der Waals surface area contributed by atoms with Crippen LogP contribution in [0.15, 0.2) is 46.9 Å². The topological polar surface area (TPSA) is 66.8 Å². The number of methoxy groups -OCH3 is 1. The lowest BCUT2D eigenvalue weighted by atomic mass is 10.1. The van der Waals surface area contributed by atoms with Gasteiger partial charge in [0.25, 0.3) is 0 Å². The van der Waals surface area contributed by atoms with E-state index < -0.39 is 0 Å². The van der Waals surface area contributed by atoms with Crippen molar-refractivity contribution in [2.24, 2.45) is 0 Å². The Labute approximate surface area is 130 Å². The van der Waals surface area contributed by atoms with Gasteiger partial charge >= 0.3 is 0 Å². The van der Waals surface area contributed by atoms with E-state index >= 15 is 0 Å². The zero-order chi connectivity index (χ0) is 15.4. The number of carbonyl (C=O) groups excluding carboxylic acids is 1. The summed E-state index contributed by atoms with van der Waals surface area (Å²) < 4.78 is 5.52. The summed E-state index contributed by atoms with van der Waals surface area (Å²) in [4.78, 5) is 12.0. The number of ketones is 1. The highest BCUT2D eigenvalue weighted by Crippen LogP contribution is 2.35. The molecule has 0 heterocycles. The van der Waals surface area contributed by atoms with Crippen LogP contribution in [0.1, 0.15) is 15.9 Å². The Hall–Kier alpha value is -2.27. The maximum absolute atomic E-state index is 12.0. The molecule has 2 rings (SSSR count). The fraction of sp³-hybridized carbons (Fsp3) is 0.0625. The summed E-state index contributed by atoms with van der Waals surface area (Å²) in [6.45, 7) is 0. The van der Waals surface area contributed by atoms with Gasteiger partial charge in [-0.3, -0.25) is 4.79 Å². The molecule has 0 amide bonds. The van der Waals surface area contributed by atoms with Crippen LogP contribution in [-0.2, 0) is 0 Å².